The van der Waals surface area contributed by atoms with Gasteiger partial charge in [-0.1, -0.05) is 23.7 Å². The average molecular weight is 361 g/mol. The minimum absolute atomic E-state index is 0.131. The minimum Gasteiger partial charge on any atom is -0.352 e. The summed E-state index contributed by atoms with van der Waals surface area (Å²) >= 11 is 5.80. The predicted octanol–water partition coefficient (Wildman–Crippen LogP) is 2.74. The van der Waals surface area contributed by atoms with Crippen LogP contribution in [0.5, 0.6) is 0 Å². The van der Waals surface area contributed by atoms with E-state index in [0.717, 1.165) is 12.0 Å². The zero-order valence-corrected chi connectivity index (χ0v) is 14.5. The molecule has 3 amide bonds. The van der Waals surface area contributed by atoms with E-state index in [1.54, 1.807) is 48.5 Å². The third-order valence-electron chi connectivity index (χ3n) is 3.44. The van der Waals surface area contributed by atoms with Crippen LogP contribution in [0.25, 0.3) is 0 Å². The number of benzene rings is 2. The Balaban J connectivity index is 1.79. The molecule has 0 spiro atoms. The summed E-state index contributed by atoms with van der Waals surface area (Å²) < 4.78 is 0. The lowest BCUT2D eigenvalue weighted by Crippen LogP contribution is -2.28. The Labute approximate surface area is 151 Å². The number of nitrogens with one attached hydrogen (secondary N) is 3. The van der Waals surface area contributed by atoms with Gasteiger partial charge >= 0.3 is 6.03 Å². The zero-order valence-electron chi connectivity index (χ0n) is 13.7. The van der Waals surface area contributed by atoms with Crippen LogP contribution in [0.3, 0.4) is 0 Å². The fourth-order valence-corrected chi connectivity index (χ4v) is 2.20. The molecule has 0 aliphatic carbocycles. The van der Waals surface area contributed by atoms with E-state index in [1.807, 2.05) is 0 Å². The van der Waals surface area contributed by atoms with Gasteiger partial charge in [0.1, 0.15) is 0 Å². The molecule has 0 fully saturated rings. The molecule has 0 radical (unpaired) electrons. The number of amides is 3. The maximum atomic E-state index is 11.9. The maximum absolute atomic E-state index is 11.9. The molecule has 0 bridgehead atoms. The molecular formula is C18H21ClN4O2. The van der Waals surface area contributed by atoms with E-state index >= 15 is 0 Å². The third kappa shape index (κ3) is 6.45. The van der Waals surface area contributed by atoms with E-state index in [9.17, 15) is 9.59 Å². The van der Waals surface area contributed by atoms with Gasteiger partial charge in [0.25, 0.3) is 5.91 Å². The highest BCUT2D eigenvalue weighted by Crippen LogP contribution is 2.13. The van der Waals surface area contributed by atoms with Gasteiger partial charge in [-0.3, -0.25) is 4.79 Å². The second-order valence-corrected chi connectivity index (χ2v) is 5.85. The number of halogens is 1. The van der Waals surface area contributed by atoms with Crippen molar-refractivity contribution >= 4 is 29.2 Å². The number of carbonyl (C=O) groups excluding carboxylic acids is 2. The molecular weight excluding hydrogens is 340 g/mol. The molecule has 25 heavy (non-hydrogen) atoms. The molecule has 0 atom stereocenters. The molecule has 2 rings (SSSR count). The van der Waals surface area contributed by atoms with Crippen molar-refractivity contribution in [1.29, 1.82) is 0 Å². The largest absolute Gasteiger partial charge is 0.352 e. The van der Waals surface area contributed by atoms with Crippen LogP contribution in [0, 0.1) is 0 Å². The van der Waals surface area contributed by atoms with E-state index < -0.39 is 0 Å². The summed E-state index contributed by atoms with van der Waals surface area (Å²) in [5.74, 6) is -0.131. The Kier molecular flexibility index (Phi) is 7.25. The Morgan fingerprint density at radius 3 is 2.28 bits per heavy atom. The van der Waals surface area contributed by atoms with Crippen LogP contribution in [-0.4, -0.2) is 25.0 Å². The van der Waals surface area contributed by atoms with E-state index in [1.165, 1.54) is 0 Å². The van der Waals surface area contributed by atoms with Crippen molar-refractivity contribution in [3.63, 3.8) is 0 Å². The normalized spacial score (nSPS) is 10.2. The summed E-state index contributed by atoms with van der Waals surface area (Å²) in [6.45, 7) is 1.46. The van der Waals surface area contributed by atoms with Gasteiger partial charge < -0.3 is 21.7 Å². The summed E-state index contributed by atoms with van der Waals surface area (Å²) in [5, 5.41) is 8.87. The van der Waals surface area contributed by atoms with Gasteiger partial charge in [0, 0.05) is 29.4 Å². The van der Waals surface area contributed by atoms with Crippen molar-refractivity contribution < 1.29 is 9.59 Å². The first-order valence-electron chi connectivity index (χ1n) is 7.96. The van der Waals surface area contributed by atoms with E-state index in [-0.39, 0.29) is 11.9 Å². The van der Waals surface area contributed by atoms with Crippen LogP contribution in [0.15, 0.2) is 48.5 Å². The van der Waals surface area contributed by atoms with Crippen LogP contribution in [0.2, 0.25) is 5.02 Å². The molecule has 0 heterocycles. The summed E-state index contributed by atoms with van der Waals surface area (Å²) in [6.07, 6.45) is 0.747. The molecule has 0 aliphatic heterocycles. The summed E-state index contributed by atoms with van der Waals surface area (Å²) in [4.78, 5) is 23.7. The number of urea groups is 1. The molecule has 132 valence electrons. The average Bonchev–Trinajstić information content (AvgIpc) is 2.62. The van der Waals surface area contributed by atoms with Gasteiger partial charge in [0.15, 0.2) is 0 Å². The number of nitrogens with two attached hydrogens (primary N) is 1. The Bertz CT molecular complexity index is 702. The van der Waals surface area contributed by atoms with E-state index in [0.29, 0.717) is 35.9 Å². The maximum Gasteiger partial charge on any atom is 0.319 e. The Hall–Kier alpha value is -2.57. The monoisotopic (exact) mass is 360 g/mol. The quantitative estimate of drug-likeness (QED) is 0.571. The van der Waals surface area contributed by atoms with Gasteiger partial charge in [-0.2, -0.15) is 0 Å². The number of hydrogen-bond donors (Lipinski definition) is 4. The molecule has 0 saturated carbocycles. The molecule has 2 aromatic rings. The fraction of sp³-hybridized carbons (Fsp3) is 0.222. The highest BCUT2D eigenvalue weighted by molar-refractivity contribution is 6.30. The number of carbonyl (C=O) groups is 2. The highest BCUT2D eigenvalue weighted by Gasteiger charge is 2.05. The first-order chi connectivity index (χ1) is 12.1. The first-order valence-corrected chi connectivity index (χ1v) is 8.34. The fourth-order valence-electron chi connectivity index (χ4n) is 2.07. The van der Waals surface area contributed by atoms with Crippen molar-refractivity contribution in [3.8, 4) is 0 Å². The summed E-state index contributed by atoms with van der Waals surface area (Å²) in [5.41, 5.74) is 7.52. The molecule has 7 heteroatoms. The molecule has 0 aromatic heterocycles. The lowest BCUT2D eigenvalue weighted by Gasteiger charge is -2.09. The molecule has 0 saturated heterocycles. The summed E-state index contributed by atoms with van der Waals surface area (Å²) in [6, 6.07) is 13.6. The van der Waals surface area contributed by atoms with Crippen molar-refractivity contribution in [1.82, 2.24) is 10.6 Å². The topological polar surface area (TPSA) is 96.2 Å². The number of anilines is 1. The standard InChI is InChI=1S/C18H21ClN4O2/c19-15-6-8-16(9-7-15)23-18(25)22-12-13-2-4-14(5-3-13)17(24)21-11-1-10-20/h2-9H,1,10-12,20H2,(H,21,24)(H2,22,23,25). The van der Waals surface area contributed by atoms with Crippen molar-refractivity contribution in [3.05, 3.63) is 64.7 Å². The molecule has 0 unspecified atom stereocenters. The molecule has 5 N–H and O–H groups in total. The lowest BCUT2D eigenvalue weighted by molar-refractivity contribution is 0.0953. The summed E-state index contributed by atoms with van der Waals surface area (Å²) in [7, 11) is 0. The minimum atomic E-state index is -0.314. The van der Waals surface area contributed by atoms with Gasteiger partial charge in [-0.15, -0.1) is 0 Å². The smallest absolute Gasteiger partial charge is 0.319 e. The predicted molar refractivity (Wildman–Crippen MR) is 99.8 cm³/mol. The number of hydrogen-bond acceptors (Lipinski definition) is 3. The molecule has 2 aromatic carbocycles. The van der Waals surface area contributed by atoms with Crippen molar-refractivity contribution in [2.24, 2.45) is 5.73 Å². The van der Waals surface area contributed by atoms with Gasteiger partial charge in [0.2, 0.25) is 0 Å². The van der Waals surface area contributed by atoms with Crippen molar-refractivity contribution in [2.45, 2.75) is 13.0 Å². The van der Waals surface area contributed by atoms with Crippen LogP contribution < -0.4 is 21.7 Å². The second kappa shape index (κ2) is 9.66. The van der Waals surface area contributed by atoms with Crippen molar-refractivity contribution in [2.75, 3.05) is 18.4 Å². The highest BCUT2D eigenvalue weighted by atomic mass is 35.5. The van der Waals surface area contributed by atoms with Crippen LogP contribution in [0.4, 0.5) is 10.5 Å². The third-order valence-corrected chi connectivity index (χ3v) is 3.69. The molecule has 6 nitrogen and oxygen atoms in total. The van der Waals surface area contributed by atoms with E-state index in [4.69, 9.17) is 17.3 Å². The Morgan fingerprint density at radius 1 is 0.960 bits per heavy atom. The lowest BCUT2D eigenvalue weighted by atomic mass is 10.1. The molecule has 0 aliphatic rings. The van der Waals surface area contributed by atoms with Gasteiger partial charge in [0.05, 0.1) is 0 Å². The first kappa shape index (κ1) is 18.8. The van der Waals surface area contributed by atoms with Crippen LogP contribution in [-0.2, 0) is 6.54 Å². The van der Waals surface area contributed by atoms with E-state index in [2.05, 4.69) is 16.0 Å². The van der Waals surface area contributed by atoms with Gasteiger partial charge in [-0.05, 0) is 54.9 Å². The van der Waals surface area contributed by atoms with Crippen LogP contribution in [0.1, 0.15) is 22.3 Å². The van der Waals surface area contributed by atoms with Gasteiger partial charge in [-0.25, -0.2) is 4.79 Å². The zero-order chi connectivity index (χ0) is 18.1. The number of rotatable bonds is 7. The van der Waals surface area contributed by atoms with Crippen LogP contribution >= 0.6 is 11.6 Å². The Morgan fingerprint density at radius 2 is 1.64 bits per heavy atom. The SMILES string of the molecule is NCCCNC(=O)c1ccc(CNC(=O)Nc2ccc(Cl)cc2)cc1. The second-order valence-electron chi connectivity index (χ2n) is 5.41.